The van der Waals surface area contributed by atoms with Gasteiger partial charge in [-0.1, -0.05) is 0 Å². The van der Waals surface area contributed by atoms with Crippen molar-refractivity contribution in [2.45, 2.75) is 82.1 Å². The minimum Gasteiger partial charge on any atom is -0.490 e. The second-order valence-corrected chi connectivity index (χ2v) is 12.4. The number of hydrogen-bond acceptors (Lipinski definition) is 7. The molecule has 0 saturated carbocycles. The molecule has 30 heavy (non-hydrogen) atoms. The molecule has 2 aliphatic heterocycles. The van der Waals surface area contributed by atoms with Gasteiger partial charge in [0.05, 0.1) is 11.4 Å². The van der Waals surface area contributed by atoms with Gasteiger partial charge in [-0.15, -0.1) is 0 Å². The fraction of sp³-hybridized carbons (Fsp3) is 0.619. The SMILES string of the molecule is C[C@@H]1C[C@@H]2[C@](C)(N=C(NC(=O)OC(C)(C)C)C(C)(C)S2(=O)=O)c2cc(N)ccc2O1. The minimum absolute atomic E-state index is 0.0402. The maximum Gasteiger partial charge on any atom is 0.413 e. The van der Waals surface area contributed by atoms with E-state index in [1.807, 2.05) is 6.92 Å². The second-order valence-electron chi connectivity index (χ2n) is 9.70. The number of nitrogen functional groups attached to an aromatic ring is 1. The van der Waals surface area contributed by atoms with Crippen LogP contribution in [0.2, 0.25) is 0 Å². The van der Waals surface area contributed by atoms with Crippen molar-refractivity contribution in [2.24, 2.45) is 4.99 Å². The van der Waals surface area contributed by atoms with Crippen LogP contribution in [-0.4, -0.2) is 42.0 Å². The third-order valence-electron chi connectivity index (χ3n) is 5.67. The van der Waals surface area contributed by atoms with Crippen LogP contribution in [-0.2, 0) is 20.1 Å². The Labute approximate surface area is 178 Å². The Hall–Kier alpha value is -2.29. The van der Waals surface area contributed by atoms with E-state index in [9.17, 15) is 13.2 Å². The second kappa shape index (κ2) is 6.87. The quantitative estimate of drug-likeness (QED) is 0.602. The van der Waals surface area contributed by atoms with E-state index in [1.165, 1.54) is 0 Å². The number of benzene rings is 1. The molecule has 0 aromatic heterocycles. The summed E-state index contributed by atoms with van der Waals surface area (Å²) in [5.74, 6) is 0.579. The van der Waals surface area contributed by atoms with Crippen molar-refractivity contribution in [3.8, 4) is 5.75 Å². The topological polar surface area (TPSA) is 120 Å². The maximum absolute atomic E-state index is 13.8. The third kappa shape index (κ3) is 3.64. The number of nitrogens with two attached hydrogens (primary N) is 1. The van der Waals surface area contributed by atoms with Crippen LogP contribution >= 0.6 is 0 Å². The first kappa shape index (κ1) is 22.4. The molecule has 2 aliphatic rings. The number of nitrogens with zero attached hydrogens (tertiary/aromatic N) is 1. The van der Waals surface area contributed by atoms with E-state index in [-0.39, 0.29) is 18.4 Å². The average Bonchev–Trinajstić information content (AvgIpc) is 2.67. The van der Waals surface area contributed by atoms with E-state index < -0.39 is 37.1 Å². The summed E-state index contributed by atoms with van der Waals surface area (Å²) in [6, 6.07) is 5.14. The van der Waals surface area contributed by atoms with Crippen molar-refractivity contribution in [1.29, 1.82) is 0 Å². The summed E-state index contributed by atoms with van der Waals surface area (Å²) in [5, 5.41) is 1.75. The first-order valence-electron chi connectivity index (χ1n) is 9.98. The number of amides is 1. The highest BCUT2D eigenvalue weighted by atomic mass is 32.2. The van der Waals surface area contributed by atoms with E-state index in [0.29, 0.717) is 17.0 Å². The lowest BCUT2D eigenvalue weighted by molar-refractivity contribution is 0.0560. The van der Waals surface area contributed by atoms with Crippen molar-refractivity contribution in [1.82, 2.24) is 5.32 Å². The van der Waals surface area contributed by atoms with Gasteiger partial charge in [0.25, 0.3) is 0 Å². The summed E-state index contributed by atoms with van der Waals surface area (Å²) >= 11 is 0. The van der Waals surface area contributed by atoms with Crippen LogP contribution < -0.4 is 15.8 Å². The predicted octanol–water partition coefficient (Wildman–Crippen LogP) is 3.15. The van der Waals surface area contributed by atoms with Gasteiger partial charge >= 0.3 is 6.09 Å². The lowest BCUT2D eigenvalue weighted by Crippen LogP contribution is -2.62. The lowest BCUT2D eigenvalue weighted by Gasteiger charge is -2.44. The number of hydrogen-bond donors (Lipinski definition) is 2. The Morgan fingerprint density at radius 1 is 1.30 bits per heavy atom. The van der Waals surface area contributed by atoms with E-state index >= 15 is 0 Å². The number of nitrogens with one attached hydrogen (secondary N) is 1. The highest BCUT2D eigenvalue weighted by molar-refractivity contribution is 7.94. The number of aliphatic imine (C=N–C) groups is 1. The monoisotopic (exact) mass is 437 g/mol. The van der Waals surface area contributed by atoms with Crippen molar-refractivity contribution in [3.63, 3.8) is 0 Å². The zero-order chi connectivity index (χ0) is 22.7. The molecule has 166 valence electrons. The maximum atomic E-state index is 13.8. The van der Waals surface area contributed by atoms with Gasteiger partial charge in [-0.05, 0) is 66.7 Å². The standard InChI is InChI=1S/C21H31N3O5S/c1-12-10-16-21(7,14-11-13(22)8-9-15(14)28-12)24-17(20(5,6)30(16,26)27)23-18(25)29-19(2,3)4/h8-9,11-12,16H,10,22H2,1-7H3,(H,23,24,25)/t12-,16-,21-/m1/s1. The highest BCUT2D eigenvalue weighted by Gasteiger charge is 2.59. The Balaban J connectivity index is 2.21. The van der Waals surface area contributed by atoms with Crippen LogP contribution in [0.15, 0.2) is 23.2 Å². The molecule has 3 atom stereocenters. The Morgan fingerprint density at radius 2 is 1.93 bits per heavy atom. The number of alkyl carbamates (subject to hydrolysis) is 1. The molecule has 0 unspecified atom stereocenters. The number of carbonyl (C=O) groups excluding carboxylic acids is 1. The summed E-state index contributed by atoms with van der Waals surface area (Å²) < 4.78 is 37.5. The van der Waals surface area contributed by atoms with Crippen LogP contribution in [0.5, 0.6) is 5.75 Å². The van der Waals surface area contributed by atoms with Gasteiger partial charge in [-0.2, -0.15) is 0 Å². The fourth-order valence-corrected chi connectivity index (χ4v) is 6.40. The number of amidine groups is 1. The van der Waals surface area contributed by atoms with Crippen molar-refractivity contribution >= 4 is 27.5 Å². The molecule has 3 N–H and O–H groups in total. The van der Waals surface area contributed by atoms with E-state index in [1.54, 1.807) is 59.7 Å². The normalized spacial score (nSPS) is 29.4. The predicted molar refractivity (Wildman–Crippen MR) is 117 cm³/mol. The fourth-order valence-electron chi connectivity index (χ4n) is 4.01. The number of anilines is 1. The summed E-state index contributed by atoms with van der Waals surface area (Å²) in [6.45, 7) is 11.9. The minimum atomic E-state index is -3.79. The van der Waals surface area contributed by atoms with E-state index in [0.717, 1.165) is 0 Å². The van der Waals surface area contributed by atoms with Crippen LogP contribution in [0.1, 0.15) is 60.5 Å². The van der Waals surface area contributed by atoms with Gasteiger partial charge in [-0.3, -0.25) is 10.3 Å². The molecule has 8 nitrogen and oxygen atoms in total. The lowest BCUT2D eigenvalue weighted by atomic mass is 9.85. The third-order valence-corrected chi connectivity index (χ3v) is 8.69. The van der Waals surface area contributed by atoms with Crippen LogP contribution in [0.25, 0.3) is 0 Å². The first-order chi connectivity index (χ1) is 13.6. The van der Waals surface area contributed by atoms with E-state index in [4.69, 9.17) is 20.2 Å². The number of carbonyl (C=O) groups is 1. The molecule has 0 fully saturated rings. The zero-order valence-corrected chi connectivity index (χ0v) is 19.4. The first-order valence-corrected chi connectivity index (χ1v) is 11.5. The molecular weight excluding hydrogens is 406 g/mol. The molecule has 9 heteroatoms. The largest absolute Gasteiger partial charge is 0.490 e. The van der Waals surface area contributed by atoms with Crippen LogP contribution in [0, 0.1) is 0 Å². The molecular formula is C21H31N3O5S. The van der Waals surface area contributed by atoms with Crippen LogP contribution in [0.3, 0.4) is 0 Å². The number of rotatable bonds is 0. The molecule has 3 rings (SSSR count). The Bertz CT molecular complexity index is 1010. The van der Waals surface area contributed by atoms with Gasteiger partial charge in [0, 0.05) is 17.7 Å². The number of fused-ring (bicyclic) bond motifs is 3. The molecule has 0 bridgehead atoms. The smallest absolute Gasteiger partial charge is 0.413 e. The zero-order valence-electron chi connectivity index (χ0n) is 18.6. The van der Waals surface area contributed by atoms with Gasteiger partial charge in [0.15, 0.2) is 9.84 Å². The number of ether oxygens (including phenoxy) is 2. The molecule has 0 saturated heterocycles. The van der Waals surface area contributed by atoms with Gasteiger partial charge < -0.3 is 15.2 Å². The van der Waals surface area contributed by atoms with E-state index in [2.05, 4.69) is 5.32 Å². The van der Waals surface area contributed by atoms with Crippen molar-refractivity contribution in [3.05, 3.63) is 23.8 Å². The number of sulfone groups is 1. The summed E-state index contributed by atoms with van der Waals surface area (Å²) in [6.07, 6.45) is -0.821. The molecule has 1 aromatic rings. The molecule has 1 aromatic carbocycles. The average molecular weight is 438 g/mol. The Morgan fingerprint density at radius 3 is 2.53 bits per heavy atom. The van der Waals surface area contributed by atoms with Crippen LogP contribution in [0.4, 0.5) is 10.5 Å². The van der Waals surface area contributed by atoms with Crippen molar-refractivity contribution < 1.29 is 22.7 Å². The molecule has 2 heterocycles. The van der Waals surface area contributed by atoms with Gasteiger partial charge in [0.1, 0.15) is 27.5 Å². The molecule has 0 spiro atoms. The van der Waals surface area contributed by atoms with Crippen molar-refractivity contribution in [2.75, 3.05) is 5.73 Å². The van der Waals surface area contributed by atoms with Gasteiger partial charge in [-0.25, -0.2) is 13.2 Å². The molecule has 0 aliphatic carbocycles. The summed E-state index contributed by atoms with van der Waals surface area (Å²) in [5.41, 5.74) is 5.15. The molecule has 0 radical (unpaired) electrons. The summed E-state index contributed by atoms with van der Waals surface area (Å²) in [7, 11) is -3.79. The highest BCUT2D eigenvalue weighted by Crippen LogP contribution is 2.49. The summed E-state index contributed by atoms with van der Waals surface area (Å²) in [4.78, 5) is 17.3. The Kier molecular flexibility index (Phi) is 5.13. The van der Waals surface area contributed by atoms with Gasteiger partial charge in [0.2, 0.25) is 0 Å². The molecule has 1 amide bonds.